The van der Waals surface area contributed by atoms with E-state index in [1.807, 2.05) is 0 Å². The lowest BCUT2D eigenvalue weighted by Gasteiger charge is -2.42. The van der Waals surface area contributed by atoms with Gasteiger partial charge in [-0.15, -0.1) is 0 Å². The summed E-state index contributed by atoms with van der Waals surface area (Å²) in [5, 5.41) is 45.2. The van der Waals surface area contributed by atoms with Crippen LogP contribution in [0.15, 0.2) is 18.2 Å². The Bertz CT molecular complexity index is 1640. The summed E-state index contributed by atoms with van der Waals surface area (Å²) in [6.07, 6.45) is -5.81. The number of fused-ring (bicyclic) bond motifs is 3. The molecule has 260 valence electrons. The maximum atomic E-state index is 13.8. The Hall–Kier alpha value is -4.41. The molecule has 48 heavy (non-hydrogen) atoms. The van der Waals surface area contributed by atoms with Gasteiger partial charge in [-0.25, -0.2) is 0 Å². The van der Waals surface area contributed by atoms with E-state index >= 15 is 0 Å². The Labute approximate surface area is 275 Å². The smallest absolute Gasteiger partial charge is 0.306 e. The largest absolute Gasteiger partial charge is 0.507 e. The monoisotopic (exact) mass is 672 g/mol. The molecule has 0 saturated carbocycles. The minimum absolute atomic E-state index is 0. The second kappa shape index (κ2) is 14.0. The van der Waals surface area contributed by atoms with Crippen molar-refractivity contribution in [2.24, 2.45) is 11.5 Å². The van der Waals surface area contributed by atoms with E-state index in [2.05, 4.69) is 0 Å². The Morgan fingerprint density at radius 2 is 1.75 bits per heavy atom. The molecule has 15 nitrogen and oxygen atoms in total. The average molecular weight is 673 g/mol. The molecule has 0 radical (unpaired) electrons. The highest BCUT2D eigenvalue weighted by Crippen LogP contribution is 2.52. The molecule has 1 fully saturated rings. The van der Waals surface area contributed by atoms with Crippen molar-refractivity contribution in [2.75, 3.05) is 13.7 Å². The van der Waals surface area contributed by atoms with E-state index in [9.17, 15) is 44.4 Å². The summed E-state index contributed by atoms with van der Waals surface area (Å²) in [7, 11) is 1.31. The van der Waals surface area contributed by atoms with Gasteiger partial charge in [0, 0.05) is 54.8 Å². The lowest BCUT2D eigenvalue weighted by atomic mass is 9.72. The molecule has 1 amide bonds. The zero-order chi connectivity index (χ0) is 34.4. The number of esters is 1. The summed E-state index contributed by atoms with van der Waals surface area (Å²) in [5.74, 6) is -5.45. The van der Waals surface area contributed by atoms with Gasteiger partial charge in [0.1, 0.15) is 22.8 Å². The number of hydrogen-bond acceptors (Lipinski definition) is 14. The number of rotatable bonds is 10. The van der Waals surface area contributed by atoms with Gasteiger partial charge in [0.2, 0.25) is 17.5 Å². The normalized spacial score (nSPS) is 26.0. The quantitative estimate of drug-likeness (QED) is 0.129. The fourth-order valence-corrected chi connectivity index (χ4v) is 6.36. The summed E-state index contributed by atoms with van der Waals surface area (Å²) < 4.78 is 22.2. The number of ketones is 3. The summed E-state index contributed by atoms with van der Waals surface area (Å²) in [6.45, 7) is 0.672. The van der Waals surface area contributed by atoms with Crippen LogP contribution in [0.4, 0.5) is 0 Å². The third kappa shape index (κ3) is 6.51. The molecule has 15 heteroatoms. The van der Waals surface area contributed by atoms with E-state index in [0.717, 1.165) is 0 Å². The van der Waals surface area contributed by atoms with Gasteiger partial charge in [0.25, 0.3) is 0 Å². The molecule has 1 aliphatic heterocycles. The molecule has 5 rings (SSSR count). The highest BCUT2D eigenvalue weighted by atomic mass is 16.7. The molecule has 6 atom stereocenters. The number of ether oxygens (including phenoxy) is 4. The zero-order valence-corrected chi connectivity index (χ0v) is 25.7. The van der Waals surface area contributed by atoms with Crippen LogP contribution >= 0.6 is 0 Å². The summed E-state index contributed by atoms with van der Waals surface area (Å²) in [4.78, 5) is 64.1. The predicted octanol–water partition coefficient (Wildman–Crippen LogP) is 0.844. The van der Waals surface area contributed by atoms with E-state index in [4.69, 9.17) is 30.4 Å². The number of carbonyl (C=O) groups is 5. The maximum absolute atomic E-state index is 13.8. The molecule has 2 aromatic rings. The zero-order valence-electron chi connectivity index (χ0n) is 25.7. The van der Waals surface area contributed by atoms with Crippen molar-refractivity contribution < 1.29 is 63.3 Å². The number of aliphatic hydroxyl groups is 2. The van der Waals surface area contributed by atoms with Crippen LogP contribution in [0.5, 0.6) is 17.2 Å². The molecule has 1 saturated heterocycles. The first-order valence-corrected chi connectivity index (χ1v) is 15.0. The SMILES string of the molecule is C.COc1cccc2c1C(=O)c1c(O)c3c(c(O)c1C2=O)C[C@@](O)(C(=O)COC(=O)CCCC(N)=O)C[C@@H]3O[C@H]1C[C@H](N)[C@H](O)[C@H](C)O1. The number of aromatic hydroxyl groups is 2. The van der Waals surface area contributed by atoms with Gasteiger partial charge in [-0.1, -0.05) is 19.6 Å². The summed E-state index contributed by atoms with van der Waals surface area (Å²) in [5.41, 5.74) is 7.09. The van der Waals surface area contributed by atoms with Crippen LogP contribution in [0.1, 0.15) is 95.5 Å². The number of carbonyl (C=O) groups excluding carboxylic acids is 5. The molecule has 0 spiro atoms. The van der Waals surface area contributed by atoms with Gasteiger partial charge in [-0.3, -0.25) is 24.0 Å². The standard InChI is InChI=1S/C32H36N2O13.CH4/c1-13-27(38)16(33)9-22(46-13)47-18-11-32(43,19(35)12-45-21(37)8-4-7-20(34)36)10-15-24(18)31(42)26-25(29(15)40)28(39)14-5-3-6-17(44-2)23(14)30(26)41;/h3,5-6,13,16,18,22,27,38,40,42-43H,4,7-12,33H2,1-2H3,(H2,34,36);1H4/t13-,16-,18-,22-,27+,32-;/m0./s1. The Morgan fingerprint density at radius 3 is 2.40 bits per heavy atom. The van der Waals surface area contributed by atoms with Crippen LogP contribution < -0.4 is 16.2 Å². The first kappa shape index (κ1) is 36.4. The van der Waals surface area contributed by atoms with Gasteiger partial charge in [-0.2, -0.15) is 0 Å². The summed E-state index contributed by atoms with van der Waals surface area (Å²) >= 11 is 0. The number of methoxy groups -OCH3 is 1. The van der Waals surface area contributed by atoms with Crippen LogP contribution in [0.3, 0.4) is 0 Å². The highest BCUT2D eigenvalue weighted by molar-refractivity contribution is 6.31. The lowest BCUT2D eigenvalue weighted by Crippen LogP contribution is -2.53. The van der Waals surface area contributed by atoms with Crippen molar-refractivity contribution in [3.8, 4) is 17.2 Å². The van der Waals surface area contributed by atoms with Crippen molar-refractivity contribution in [1.82, 2.24) is 0 Å². The van der Waals surface area contributed by atoms with Gasteiger partial charge in [-0.05, 0) is 19.4 Å². The van der Waals surface area contributed by atoms with Gasteiger partial charge >= 0.3 is 5.97 Å². The number of amides is 1. The molecular formula is C33H40N2O13. The van der Waals surface area contributed by atoms with E-state index in [1.54, 1.807) is 6.92 Å². The Kier molecular flexibility index (Phi) is 10.6. The minimum Gasteiger partial charge on any atom is -0.507 e. The maximum Gasteiger partial charge on any atom is 0.306 e. The molecule has 2 aliphatic carbocycles. The van der Waals surface area contributed by atoms with Crippen molar-refractivity contribution in [1.29, 1.82) is 0 Å². The number of phenolic OH excluding ortho intramolecular Hbond substituents is 2. The van der Waals surface area contributed by atoms with Gasteiger partial charge in [0.15, 0.2) is 18.7 Å². The number of nitrogens with two attached hydrogens (primary N) is 2. The lowest BCUT2D eigenvalue weighted by molar-refractivity contribution is -0.247. The van der Waals surface area contributed by atoms with Crippen LogP contribution in [-0.4, -0.2) is 93.5 Å². The predicted molar refractivity (Wildman–Crippen MR) is 165 cm³/mol. The second-order valence-electron chi connectivity index (χ2n) is 12.0. The van der Waals surface area contributed by atoms with E-state index in [1.165, 1.54) is 25.3 Å². The van der Waals surface area contributed by atoms with E-state index in [-0.39, 0.29) is 61.1 Å². The minimum atomic E-state index is -2.37. The molecule has 0 unspecified atom stereocenters. The first-order valence-electron chi connectivity index (χ1n) is 15.0. The van der Waals surface area contributed by atoms with Crippen LogP contribution in [0.25, 0.3) is 0 Å². The average Bonchev–Trinajstić information content (AvgIpc) is 3.02. The van der Waals surface area contributed by atoms with E-state index < -0.39 is 108 Å². The molecule has 0 aromatic heterocycles. The molecule has 0 bridgehead atoms. The van der Waals surface area contributed by atoms with Gasteiger partial charge < -0.3 is 50.8 Å². The Morgan fingerprint density at radius 1 is 1.06 bits per heavy atom. The van der Waals surface area contributed by atoms with Crippen LogP contribution in [-0.2, 0) is 35.0 Å². The number of benzene rings is 2. The van der Waals surface area contributed by atoms with E-state index in [0.29, 0.717) is 0 Å². The highest BCUT2D eigenvalue weighted by Gasteiger charge is 2.50. The third-order valence-electron chi connectivity index (χ3n) is 8.83. The Balaban J connectivity index is 0.00000520. The fourth-order valence-electron chi connectivity index (χ4n) is 6.36. The first-order chi connectivity index (χ1) is 22.2. The molecule has 3 aliphatic rings. The topological polar surface area (TPSA) is 255 Å². The fraction of sp³-hybridized carbons (Fsp3) is 0.485. The molecular weight excluding hydrogens is 632 g/mol. The number of Topliss-reactive ketones (excluding diaryl/α,β-unsaturated/α-hetero) is 1. The molecule has 1 heterocycles. The van der Waals surface area contributed by atoms with Crippen molar-refractivity contribution in [2.45, 2.75) is 89.1 Å². The number of aliphatic hydroxyl groups excluding tert-OH is 1. The molecule has 8 N–H and O–H groups in total. The van der Waals surface area contributed by atoms with Crippen molar-refractivity contribution >= 4 is 29.2 Å². The van der Waals surface area contributed by atoms with Crippen molar-refractivity contribution in [3.05, 3.63) is 51.6 Å². The number of primary amides is 1. The number of phenols is 2. The number of hydrogen-bond donors (Lipinski definition) is 6. The molecule has 2 aromatic carbocycles. The van der Waals surface area contributed by atoms with Crippen LogP contribution in [0, 0.1) is 0 Å². The third-order valence-corrected chi connectivity index (χ3v) is 8.83. The van der Waals surface area contributed by atoms with Gasteiger partial charge in [0.05, 0.1) is 42.1 Å². The van der Waals surface area contributed by atoms with Crippen LogP contribution in [0.2, 0.25) is 0 Å². The second-order valence-corrected chi connectivity index (χ2v) is 12.0. The van der Waals surface area contributed by atoms with Crippen molar-refractivity contribution in [3.63, 3.8) is 0 Å². The summed E-state index contributed by atoms with van der Waals surface area (Å²) in [6, 6.07) is 3.52.